The van der Waals surface area contributed by atoms with Crippen LogP contribution >= 0.6 is 0 Å². The summed E-state index contributed by atoms with van der Waals surface area (Å²) in [6, 6.07) is 0.0881. The second-order valence-electron chi connectivity index (χ2n) is 4.59. The first-order chi connectivity index (χ1) is 6.67. The van der Waals surface area contributed by atoms with Crippen LogP contribution in [-0.2, 0) is 6.54 Å². The highest BCUT2D eigenvalue weighted by atomic mass is 15.1. The second-order valence-corrected chi connectivity index (χ2v) is 4.59. The van der Waals surface area contributed by atoms with E-state index in [1.54, 1.807) is 0 Å². The average Bonchev–Trinajstić information content (AvgIpc) is 2.76. The molecule has 3 heteroatoms. The van der Waals surface area contributed by atoms with Crippen molar-refractivity contribution in [3.05, 3.63) is 18.2 Å². The number of hydrogen-bond donors (Lipinski definition) is 1. The molecular weight excluding hydrogens is 174 g/mol. The molecule has 2 rings (SSSR count). The average molecular weight is 193 g/mol. The van der Waals surface area contributed by atoms with Gasteiger partial charge in [-0.3, -0.25) is 0 Å². The van der Waals surface area contributed by atoms with Crippen molar-refractivity contribution in [2.24, 2.45) is 11.1 Å². The summed E-state index contributed by atoms with van der Waals surface area (Å²) in [5, 5.41) is 0. The van der Waals surface area contributed by atoms with Crippen molar-refractivity contribution in [1.82, 2.24) is 9.55 Å². The summed E-state index contributed by atoms with van der Waals surface area (Å²) >= 11 is 0. The van der Waals surface area contributed by atoms with Gasteiger partial charge in [0.05, 0.1) is 12.0 Å². The van der Waals surface area contributed by atoms with Crippen LogP contribution in [0.25, 0.3) is 0 Å². The third-order valence-corrected chi connectivity index (χ3v) is 3.42. The lowest BCUT2D eigenvalue weighted by Crippen LogP contribution is -2.16. The molecule has 0 unspecified atom stereocenters. The molecule has 0 radical (unpaired) electrons. The monoisotopic (exact) mass is 193 g/mol. The van der Waals surface area contributed by atoms with Crippen molar-refractivity contribution in [1.29, 1.82) is 0 Å². The van der Waals surface area contributed by atoms with E-state index in [-0.39, 0.29) is 6.04 Å². The van der Waals surface area contributed by atoms with Gasteiger partial charge in [-0.2, -0.15) is 0 Å². The summed E-state index contributed by atoms with van der Waals surface area (Å²) in [7, 11) is 0. The molecular formula is C11H19N3. The van der Waals surface area contributed by atoms with Gasteiger partial charge in [0.15, 0.2) is 0 Å². The number of rotatable bonds is 4. The van der Waals surface area contributed by atoms with Crippen LogP contribution in [-0.4, -0.2) is 9.55 Å². The van der Waals surface area contributed by atoms with Crippen LogP contribution in [0.2, 0.25) is 0 Å². The first-order valence-electron chi connectivity index (χ1n) is 5.42. The molecule has 1 heterocycles. The van der Waals surface area contributed by atoms with Crippen molar-refractivity contribution in [2.75, 3.05) is 0 Å². The molecule has 1 aliphatic carbocycles. The van der Waals surface area contributed by atoms with Crippen LogP contribution in [0, 0.1) is 5.41 Å². The van der Waals surface area contributed by atoms with Crippen LogP contribution in [0.1, 0.15) is 44.8 Å². The molecule has 1 fully saturated rings. The number of nitrogens with two attached hydrogens (primary N) is 1. The molecule has 1 aromatic rings. The van der Waals surface area contributed by atoms with Crippen molar-refractivity contribution >= 4 is 0 Å². The SMILES string of the molecule is CCC1(Cn2cncc2[C@H](C)N)CC1. The number of aromatic nitrogens is 2. The zero-order valence-electron chi connectivity index (χ0n) is 9.03. The van der Waals surface area contributed by atoms with E-state index < -0.39 is 0 Å². The van der Waals surface area contributed by atoms with Crippen LogP contribution < -0.4 is 5.73 Å². The Balaban J connectivity index is 2.12. The Morgan fingerprint density at radius 2 is 2.36 bits per heavy atom. The molecule has 0 amide bonds. The van der Waals surface area contributed by atoms with E-state index in [0.717, 1.165) is 12.2 Å². The van der Waals surface area contributed by atoms with Gasteiger partial charge in [0, 0.05) is 18.8 Å². The molecule has 0 bridgehead atoms. The molecule has 2 N–H and O–H groups in total. The Labute approximate surface area is 85.3 Å². The van der Waals surface area contributed by atoms with Gasteiger partial charge in [0.1, 0.15) is 0 Å². The summed E-state index contributed by atoms with van der Waals surface area (Å²) in [5.74, 6) is 0. The Bertz CT molecular complexity index is 310. The third kappa shape index (κ3) is 1.69. The smallest absolute Gasteiger partial charge is 0.0948 e. The Hall–Kier alpha value is -0.830. The zero-order valence-corrected chi connectivity index (χ0v) is 9.03. The molecule has 1 saturated carbocycles. The van der Waals surface area contributed by atoms with Crippen LogP contribution in [0.3, 0.4) is 0 Å². The molecule has 0 aromatic carbocycles. The lowest BCUT2D eigenvalue weighted by molar-refractivity contribution is 0.398. The lowest BCUT2D eigenvalue weighted by atomic mass is 10.0. The minimum absolute atomic E-state index is 0.0881. The third-order valence-electron chi connectivity index (χ3n) is 3.42. The quantitative estimate of drug-likeness (QED) is 0.795. The minimum atomic E-state index is 0.0881. The van der Waals surface area contributed by atoms with E-state index in [9.17, 15) is 0 Å². The molecule has 1 aromatic heterocycles. The standard InChI is InChI=1S/C11H19N3/c1-3-11(4-5-11)7-14-8-13-6-10(14)9(2)12/h6,8-9H,3-5,7,12H2,1-2H3/t9-/m0/s1. The summed E-state index contributed by atoms with van der Waals surface area (Å²) in [5.41, 5.74) is 7.60. The van der Waals surface area contributed by atoms with Gasteiger partial charge in [-0.05, 0) is 31.6 Å². The lowest BCUT2D eigenvalue weighted by Gasteiger charge is -2.16. The van der Waals surface area contributed by atoms with Crippen LogP contribution in [0.4, 0.5) is 0 Å². The predicted molar refractivity (Wildman–Crippen MR) is 56.8 cm³/mol. The molecule has 1 aliphatic rings. The number of hydrogen-bond acceptors (Lipinski definition) is 2. The van der Waals surface area contributed by atoms with Crippen molar-refractivity contribution < 1.29 is 0 Å². The van der Waals surface area contributed by atoms with Gasteiger partial charge in [-0.25, -0.2) is 4.98 Å². The van der Waals surface area contributed by atoms with Crippen molar-refractivity contribution in [3.63, 3.8) is 0 Å². The van der Waals surface area contributed by atoms with Crippen LogP contribution in [0.5, 0.6) is 0 Å². The van der Waals surface area contributed by atoms with Crippen molar-refractivity contribution in [2.45, 2.75) is 45.7 Å². The first-order valence-corrected chi connectivity index (χ1v) is 5.42. The van der Waals surface area contributed by atoms with E-state index >= 15 is 0 Å². The number of nitrogens with zero attached hydrogens (tertiary/aromatic N) is 2. The highest BCUT2D eigenvalue weighted by Gasteiger charge is 2.41. The van der Waals surface area contributed by atoms with Gasteiger partial charge in [0.25, 0.3) is 0 Å². The van der Waals surface area contributed by atoms with Gasteiger partial charge in [-0.15, -0.1) is 0 Å². The predicted octanol–water partition coefficient (Wildman–Crippen LogP) is 2.09. The first kappa shape index (κ1) is 9.71. The zero-order chi connectivity index (χ0) is 10.2. The maximum Gasteiger partial charge on any atom is 0.0948 e. The molecule has 78 valence electrons. The van der Waals surface area contributed by atoms with Gasteiger partial charge in [0.2, 0.25) is 0 Å². The van der Waals surface area contributed by atoms with E-state index in [2.05, 4.69) is 16.5 Å². The van der Waals surface area contributed by atoms with E-state index in [4.69, 9.17) is 5.73 Å². The molecule has 3 nitrogen and oxygen atoms in total. The summed E-state index contributed by atoms with van der Waals surface area (Å²) in [4.78, 5) is 4.17. The summed E-state index contributed by atoms with van der Waals surface area (Å²) in [6.45, 7) is 5.38. The summed E-state index contributed by atoms with van der Waals surface area (Å²) < 4.78 is 2.22. The maximum absolute atomic E-state index is 5.88. The Morgan fingerprint density at radius 1 is 1.64 bits per heavy atom. The molecule has 0 aliphatic heterocycles. The molecule has 0 saturated heterocycles. The Kier molecular flexibility index (Phi) is 2.35. The van der Waals surface area contributed by atoms with E-state index in [1.807, 2.05) is 19.4 Å². The minimum Gasteiger partial charge on any atom is -0.333 e. The fraction of sp³-hybridized carbons (Fsp3) is 0.727. The summed E-state index contributed by atoms with van der Waals surface area (Å²) in [6.07, 6.45) is 7.79. The fourth-order valence-electron chi connectivity index (χ4n) is 2.00. The van der Waals surface area contributed by atoms with Gasteiger partial charge in [-0.1, -0.05) is 6.92 Å². The van der Waals surface area contributed by atoms with Crippen LogP contribution in [0.15, 0.2) is 12.5 Å². The van der Waals surface area contributed by atoms with E-state index in [0.29, 0.717) is 5.41 Å². The topological polar surface area (TPSA) is 43.8 Å². The molecule has 1 atom stereocenters. The Morgan fingerprint density at radius 3 is 2.86 bits per heavy atom. The fourth-order valence-corrected chi connectivity index (χ4v) is 2.00. The largest absolute Gasteiger partial charge is 0.333 e. The highest BCUT2D eigenvalue weighted by molar-refractivity contribution is 5.05. The molecule has 14 heavy (non-hydrogen) atoms. The molecule has 0 spiro atoms. The van der Waals surface area contributed by atoms with E-state index in [1.165, 1.54) is 19.3 Å². The maximum atomic E-state index is 5.88. The number of imidazole rings is 1. The van der Waals surface area contributed by atoms with Crippen molar-refractivity contribution in [3.8, 4) is 0 Å². The second kappa shape index (κ2) is 3.39. The van der Waals surface area contributed by atoms with Gasteiger partial charge >= 0.3 is 0 Å². The highest BCUT2D eigenvalue weighted by Crippen LogP contribution is 2.50. The van der Waals surface area contributed by atoms with Gasteiger partial charge < -0.3 is 10.3 Å². The normalized spacial score (nSPS) is 20.8.